The Labute approximate surface area is 299 Å². The molecule has 0 bridgehead atoms. The summed E-state index contributed by atoms with van der Waals surface area (Å²) in [7, 11) is 0. The maximum Gasteiger partial charge on any atom is 0.164 e. The first-order valence-electron chi connectivity index (χ1n) is 17.1. The Morgan fingerprint density at radius 3 is 1.43 bits per heavy atom. The monoisotopic (exact) mass is 667 g/mol. The van der Waals surface area contributed by atoms with Crippen LogP contribution >= 0.6 is 11.3 Å². The lowest BCUT2D eigenvalue weighted by Gasteiger charge is -2.11. The second-order valence-corrected chi connectivity index (χ2v) is 14.0. The Morgan fingerprint density at radius 2 is 0.745 bits per heavy atom. The smallest absolute Gasteiger partial charge is 0.164 e. The molecule has 10 aromatic rings. The van der Waals surface area contributed by atoms with Gasteiger partial charge in [-0.15, -0.1) is 11.3 Å². The molecule has 0 aliphatic heterocycles. The fraction of sp³-hybridized carbons (Fsp3) is 0. The summed E-state index contributed by atoms with van der Waals surface area (Å²) in [6, 6.07) is 62.3. The van der Waals surface area contributed by atoms with Crippen molar-refractivity contribution in [2.24, 2.45) is 0 Å². The van der Waals surface area contributed by atoms with Crippen molar-refractivity contribution in [3.63, 3.8) is 0 Å². The van der Waals surface area contributed by atoms with E-state index in [1.165, 1.54) is 53.0 Å². The SMILES string of the molecule is c1ccc(-c2ccc(-c3nc(-c4ccc5ccc(-c6ccccc6)cc5c4)nc(-c4ccc5cc6sc7ccccc7c6cc5c4)n3)cc2)cc1. The van der Waals surface area contributed by atoms with E-state index in [9.17, 15) is 0 Å². The highest BCUT2D eigenvalue weighted by molar-refractivity contribution is 7.25. The van der Waals surface area contributed by atoms with Crippen LogP contribution in [0.3, 0.4) is 0 Å². The lowest BCUT2D eigenvalue weighted by atomic mass is 9.99. The van der Waals surface area contributed by atoms with Gasteiger partial charge in [-0.25, -0.2) is 15.0 Å². The molecule has 3 nitrogen and oxygen atoms in total. The van der Waals surface area contributed by atoms with Crippen LogP contribution in [0.4, 0.5) is 0 Å². The third kappa shape index (κ3) is 5.43. The maximum atomic E-state index is 5.14. The second-order valence-electron chi connectivity index (χ2n) is 12.9. The molecule has 0 aliphatic rings. The lowest BCUT2D eigenvalue weighted by Crippen LogP contribution is -2.00. The van der Waals surface area contributed by atoms with Gasteiger partial charge in [-0.05, 0) is 80.2 Å². The number of rotatable bonds is 5. The van der Waals surface area contributed by atoms with Gasteiger partial charge in [-0.3, -0.25) is 0 Å². The molecule has 51 heavy (non-hydrogen) atoms. The molecular formula is C47H29N3S. The Bertz CT molecular complexity index is 2900. The van der Waals surface area contributed by atoms with E-state index in [-0.39, 0.29) is 0 Å². The van der Waals surface area contributed by atoms with Gasteiger partial charge in [0.1, 0.15) is 0 Å². The molecule has 0 atom stereocenters. The standard InChI is InChI=1S/C47H29N3S/c1-3-9-30(10-4-1)32-15-19-34(20-16-32)45-48-46(37-23-18-33-17-21-35(25-39(33)26-37)31-11-5-2-6-12-31)50-47(49-45)38-24-22-36-29-44-42(28-40(36)27-38)41-13-7-8-14-43(41)51-44/h1-29H. The number of fused-ring (bicyclic) bond motifs is 5. The summed E-state index contributed by atoms with van der Waals surface area (Å²) < 4.78 is 2.60. The van der Waals surface area contributed by atoms with Crippen molar-refractivity contribution in [3.8, 4) is 56.4 Å². The summed E-state index contributed by atoms with van der Waals surface area (Å²) in [5.41, 5.74) is 7.55. The van der Waals surface area contributed by atoms with Crippen LogP contribution in [0.25, 0.3) is 98.1 Å². The molecule has 0 fully saturated rings. The number of nitrogens with zero attached hydrogens (tertiary/aromatic N) is 3. The van der Waals surface area contributed by atoms with Crippen molar-refractivity contribution >= 4 is 53.1 Å². The highest BCUT2D eigenvalue weighted by atomic mass is 32.1. The molecule has 10 rings (SSSR count). The largest absolute Gasteiger partial charge is 0.208 e. The van der Waals surface area contributed by atoms with E-state index in [0.29, 0.717) is 17.5 Å². The Kier molecular flexibility index (Phi) is 7.00. The predicted octanol–water partition coefficient (Wildman–Crippen LogP) is 12.9. The van der Waals surface area contributed by atoms with Crippen LogP contribution < -0.4 is 0 Å². The second kappa shape index (κ2) is 12.1. The number of benzene rings is 8. The fourth-order valence-corrected chi connectivity index (χ4v) is 8.15. The van der Waals surface area contributed by atoms with Crippen LogP contribution in [0.15, 0.2) is 176 Å². The number of hydrogen-bond acceptors (Lipinski definition) is 4. The predicted molar refractivity (Wildman–Crippen MR) is 215 cm³/mol. The summed E-state index contributed by atoms with van der Waals surface area (Å²) in [6.07, 6.45) is 0. The zero-order chi connectivity index (χ0) is 33.7. The molecule has 0 saturated heterocycles. The summed E-state index contributed by atoms with van der Waals surface area (Å²) in [5.74, 6) is 1.94. The van der Waals surface area contributed by atoms with E-state index in [4.69, 9.17) is 15.0 Å². The molecule has 2 aromatic heterocycles. The van der Waals surface area contributed by atoms with E-state index in [0.717, 1.165) is 27.6 Å². The number of hydrogen-bond donors (Lipinski definition) is 0. The van der Waals surface area contributed by atoms with Gasteiger partial charge in [0.05, 0.1) is 0 Å². The van der Waals surface area contributed by atoms with E-state index in [1.54, 1.807) is 0 Å². The van der Waals surface area contributed by atoms with Gasteiger partial charge in [-0.2, -0.15) is 0 Å². The maximum absolute atomic E-state index is 5.14. The fourth-order valence-electron chi connectivity index (χ4n) is 7.01. The summed E-state index contributed by atoms with van der Waals surface area (Å²) >= 11 is 1.84. The Morgan fingerprint density at radius 1 is 0.275 bits per heavy atom. The van der Waals surface area contributed by atoms with Crippen molar-refractivity contribution in [2.45, 2.75) is 0 Å². The minimum Gasteiger partial charge on any atom is -0.208 e. The summed E-state index contributed by atoms with van der Waals surface area (Å²) in [6.45, 7) is 0. The van der Waals surface area contributed by atoms with E-state index in [1.807, 2.05) is 23.5 Å². The molecule has 0 aliphatic carbocycles. The van der Waals surface area contributed by atoms with Crippen molar-refractivity contribution in [3.05, 3.63) is 176 Å². The van der Waals surface area contributed by atoms with Crippen LogP contribution in [0.1, 0.15) is 0 Å². The molecule has 0 spiro atoms. The van der Waals surface area contributed by atoms with Crippen LogP contribution in [0.2, 0.25) is 0 Å². The molecule has 4 heteroatoms. The van der Waals surface area contributed by atoms with Crippen LogP contribution in [0.5, 0.6) is 0 Å². The quantitative estimate of drug-likeness (QED) is 0.183. The van der Waals surface area contributed by atoms with Crippen molar-refractivity contribution < 1.29 is 0 Å². The summed E-state index contributed by atoms with van der Waals surface area (Å²) in [4.78, 5) is 15.3. The van der Waals surface area contributed by atoms with E-state index < -0.39 is 0 Å². The average Bonchev–Trinajstić information content (AvgIpc) is 3.57. The minimum atomic E-state index is 0.645. The van der Waals surface area contributed by atoms with E-state index >= 15 is 0 Å². The molecule has 0 radical (unpaired) electrons. The summed E-state index contributed by atoms with van der Waals surface area (Å²) in [5, 5.41) is 7.25. The van der Waals surface area contributed by atoms with Gasteiger partial charge < -0.3 is 0 Å². The van der Waals surface area contributed by atoms with Gasteiger partial charge in [0.25, 0.3) is 0 Å². The first-order chi connectivity index (χ1) is 25.2. The molecule has 0 unspecified atom stereocenters. The van der Waals surface area contributed by atoms with Gasteiger partial charge in [0, 0.05) is 36.9 Å². The topological polar surface area (TPSA) is 38.7 Å². The molecule has 2 heterocycles. The molecule has 0 saturated carbocycles. The molecule has 8 aromatic carbocycles. The minimum absolute atomic E-state index is 0.645. The van der Waals surface area contributed by atoms with Crippen LogP contribution in [-0.4, -0.2) is 15.0 Å². The lowest BCUT2D eigenvalue weighted by molar-refractivity contribution is 1.08. The van der Waals surface area contributed by atoms with Crippen molar-refractivity contribution in [2.75, 3.05) is 0 Å². The van der Waals surface area contributed by atoms with Crippen LogP contribution in [-0.2, 0) is 0 Å². The Balaban J connectivity index is 1.12. The van der Waals surface area contributed by atoms with Gasteiger partial charge >= 0.3 is 0 Å². The molecule has 238 valence electrons. The van der Waals surface area contributed by atoms with Crippen molar-refractivity contribution in [1.29, 1.82) is 0 Å². The highest BCUT2D eigenvalue weighted by Gasteiger charge is 2.15. The molecule has 0 amide bonds. The third-order valence-electron chi connectivity index (χ3n) is 9.69. The van der Waals surface area contributed by atoms with Gasteiger partial charge in [0.15, 0.2) is 17.5 Å². The third-order valence-corrected chi connectivity index (χ3v) is 10.8. The van der Waals surface area contributed by atoms with Crippen molar-refractivity contribution in [1.82, 2.24) is 15.0 Å². The molecular weight excluding hydrogens is 639 g/mol. The zero-order valence-corrected chi connectivity index (χ0v) is 28.3. The highest BCUT2D eigenvalue weighted by Crippen LogP contribution is 2.38. The van der Waals surface area contributed by atoms with E-state index in [2.05, 4.69) is 164 Å². The first-order valence-corrected chi connectivity index (χ1v) is 17.9. The first kappa shape index (κ1) is 29.4. The van der Waals surface area contributed by atoms with Gasteiger partial charge in [-0.1, -0.05) is 140 Å². The zero-order valence-electron chi connectivity index (χ0n) is 27.5. The average molecular weight is 668 g/mol. The number of thiophene rings is 1. The number of aromatic nitrogens is 3. The van der Waals surface area contributed by atoms with Crippen LogP contribution in [0, 0.1) is 0 Å². The normalized spacial score (nSPS) is 11.5. The van der Waals surface area contributed by atoms with Gasteiger partial charge in [0.2, 0.25) is 0 Å². The molecule has 0 N–H and O–H groups in total. The Hall–Kier alpha value is -6.49.